The number of thiophene rings is 2. The van der Waals surface area contributed by atoms with Gasteiger partial charge in [-0.3, -0.25) is 0 Å². The van der Waals surface area contributed by atoms with Crippen LogP contribution in [0.25, 0.3) is 9.40 Å². The third kappa shape index (κ3) is 1.77. The molecule has 3 N–H and O–H groups in total. The van der Waals surface area contributed by atoms with Crippen molar-refractivity contribution in [2.75, 3.05) is 0 Å². The molecule has 3 heterocycles. The molecule has 1 unspecified atom stereocenters. The molecule has 0 saturated carbocycles. The van der Waals surface area contributed by atoms with Gasteiger partial charge in [0.1, 0.15) is 5.82 Å². The Kier molecular flexibility index (Phi) is 2.51. The lowest BCUT2D eigenvalue weighted by Gasteiger charge is -2.06. The van der Waals surface area contributed by atoms with Crippen LogP contribution < -0.4 is 5.73 Å². The molecular weight excluding hydrogens is 238 g/mol. The van der Waals surface area contributed by atoms with Crippen molar-refractivity contribution in [3.8, 4) is 0 Å². The first-order valence-corrected chi connectivity index (χ1v) is 6.73. The van der Waals surface area contributed by atoms with E-state index in [-0.39, 0.29) is 6.04 Å². The Morgan fingerprint density at radius 2 is 2.38 bits per heavy atom. The van der Waals surface area contributed by atoms with Crippen molar-refractivity contribution in [1.82, 2.24) is 9.97 Å². The van der Waals surface area contributed by atoms with Crippen molar-refractivity contribution in [3.63, 3.8) is 0 Å². The van der Waals surface area contributed by atoms with Gasteiger partial charge in [-0.25, -0.2) is 4.98 Å². The van der Waals surface area contributed by atoms with Crippen molar-refractivity contribution < 1.29 is 0 Å². The predicted molar refractivity (Wildman–Crippen MR) is 68.9 cm³/mol. The summed E-state index contributed by atoms with van der Waals surface area (Å²) in [7, 11) is 0. The molecule has 5 heteroatoms. The van der Waals surface area contributed by atoms with Gasteiger partial charge in [0.15, 0.2) is 0 Å². The van der Waals surface area contributed by atoms with Crippen molar-refractivity contribution in [2.45, 2.75) is 12.5 Å². The number of H-pyrrole nitrogens is 1. The summed E-state index contributed by atoms with van der Waals surface area (Å²) in [5.41, 5.74) is 6.16. The normalized spacial score (nSPS) is 13.3. The molecule has 0 spiro atoms. The average Bonchev–Trinajstić information content (AvgIpc) is 2.91. The van der Waals surface area contributed by atoms with Crippen molar-refractivity contribution >= 4 is 32.1 Å². The summed E-state index contributed by atoms with van der Waals surface area (Å²) < 4.78 is 2.66. The number of rotatable bonds is 3. The van der Waals surface area contributed by atoms with Crippen LogP contribution in [-0.4, -0.2) is 9.97 Å². The van der Waals surface area contributed by atoms with E-state index >= 15 is 0 Å². The number of nitrogens with two attached hydrogens (primary N) is 1. The highest BCUT2D eigenvalue weighted by Gasteiger charge is 2.12. The van der Waals surface area contributed by atoms with Gasteiger partial charge in [-0.1, -0.05) is 0 Å². The first-order valence-electron chi connectivity index (χ1n) is 5.04. The van der Waals surface area contributed by atoms with Crippen LogP contribution >= 0.6 is 22.7 Å². The molecule has 3 nitrogen and oxygen atoms in total. The van der Waals surface area contributed by atoms with Gasteiger partial charge in [0, 0.05) is 39.1 Å². The SMILES string of the molecule is NC(Cc1ncc[nH]1)c1cc2sccc2s1. The minimum absolute atomic E-state index is 0.0377. The Hall–Kier alpha value is -1.17. The molecular formula is C11H11N3S2. The highest BCUT2D eigenvalue weighted by molar-refractivity contribution is 7.26. The molecule has 82 valence electrons. The maximum atomic E-state index is 6.16. The first kappa shape index (κ1) is 10.0. The van der Waals surface area contributed by atoms with Crippen LogP contribution in [0.1, 0.15) is 16.7 Å². The zero-order valence-corrected chi connectivity index (χ0v) is 10.1. The van der Waals surface area contributed by atoms with Gasteiger partial charge in [0.2, 0.25) is 0 Å². The van der Waals surface area contributed by atoms with E-state index in [0.717, 1.165) is 12.2 Å². The molecule has 3 rings (SSSR count). The molecule has 0 radical (unpaired) electrons. The monoisotopic (exact) mass is 249 g/mol. The Morgan fingerprint density at radius 1 is 1.44 bits per heavy atom. The third-order valence-corrected chi connectivity index (χ3v) is 4.72. The van der Waals surface area contributed by atoms with Crippen LogP contribution in [0.5, 0.6) is 0 Å². The largest absolute Gasteiger partial charge is 0.349 e. The van der Waals surface area contributed by atoms with Crippen LogP contribution in [0.2, 0.25) is 0 Å². The molecule has 0 bridgehead atoms. The average molecular weight is 249 g/mol. The third-order valence-electron chi connectivity index (χ3n) is 2.49. The number of imidazole rings is 1. The highest BCUT2D eigenvalue weighted by atomic mass is 32.1. The topological polar surface area (TPSA) is 54.7 Å². The maximum Gasteiger partial charge on any atom is 0.107 e. The number of nitrogens with zero attached hydrogens (tertiary/aromatic N) is 1. The number of aromatic amines is 1. The number of fused-ring (bicyclic) bond motifs is 1. The van der Waals surface area contributed by atoms with E-state index in [2.05, 4.69) is 27.5 Å². The molecule has 0 fully saturated rings. The van der Waals surface area contributed by atoms with Crippen LogP contribution in [0, 0.1) is 0 Å². The summed E-state index contributed by atoms with van der Waals surface area (Å²) in [6, 6.07) is 4.38. The molecule has 0 aliphatic carbocycles. The van der Waals surface area contributed by atoms with Crippen LogP contribution in [0.4, 0.5) is 0 Å². The molecule has 3 aromatic rings. The van der Waals surface area contributed by atoms with E-state index in [1.54, 1.807) is 28.9 Å². The maximum absolute atomic E-state index is 6.16. The van der Waals surface area contributed by atoms with E-state index in [1.807, 2.05) is 6.20 Å². The Balaban J connectivity index is 1.84. The van der Waals surface area contributed by atoms with E-state index in [9.17, 15) is 0 Å². The molecule has 0 aliphatic rings. The van der Waals surface area contributed by atoms with Crippen LogP contribution in [0.3, 0.4) is 0 Å². The quantitative estimate of drug-likeness (QED) is 0.750. The lowest BCUT2D eigenvalue weighted by atomic mass is 10.2. The summed E-state index contributed by atoms with van der Waals surface area (Å²) in [4.78, 5) is 8.51. The van der Waals surface area contributed by atoms with Gasteiger partial charge in [-0.05, 0) is 17.5 Å². The molecule has 1 atom stereocenters. The Bertz CT molecular complexity index is 551. The summed E-state index contributed by atoms with van der Waals surface area (Å²) in [6.07, 6.45) is 4.35. The molecule has 0 aromatic carbocycles. The van der Waals surface area contributed by atoms with Gasteiger partial charge < -0.3 is 10.7 Å². The fourth-order valence-corrected chi connectivity index (χ4v) is 3.81. The Morgan fingerprint density at radius 3 is 3.12 bits per heavy atom. The summed E-state index contributed by atoms with van der Waals surface area (Å²) in [5, 5.41) is 2.11. The number of hydrogen-bond acceptors (Lipinski definition) is 4. The van der Waals surface area contributed by atoms with E-state index in [4.69, 9.17) is 5.73 Å². The minimum Gasteiger partial charge on any atom is -0.349 e. The van der Waals surface area contributed by atoms with E-state index in [1.165, 1.54) is 14.3 Å². The van der Waals surface area contributed by atoms with Crippen molar-refractivity contribution in [2.24, 2.45) is 5.73 Å². The van der Waals surface area contributed by atoms with Crippen molar-refractivity contribution in [1.29, 1.82) is 0 Å². The van der Waals surface area contributed by atoms with Gasteiger partial charge in [-0.2, -0.15) is 0 Å². The lowest BCUT2D eigenvalue weighted by molar-refractivity contribution is 0.707. The van der Waals surface area contributed by atoms with Crippen LogP contribution in [0.15, 0.2) is 29.9 Å². The summed E-state index contributed by atoms with van der Waals surface area (Å²) in [5.74, 6) is 0.948. The second-order valence-electron chi connectivity index (χ2n) is 3.64. The zero-order chi connectivity index (χ0) is 11.0. The second kappa shape index (κ2) is 4.01. The molecule has 0 amide bonds. The summed E-state index contributed by atoms with van der Waals surface area (Å²) >= 11 is 3.54. The van der Waals surface area contributed by atoms with Gasteiger partial charge in [0.25, 0.3) is 0 Å². The second-order valence-corrected chi connectivity index (χ2v) is 5.71. The number of aromatic nitrogens is 2. The fourth-order valence-electron chi connectivity index (χ4n) is 1.69. The molecule has 0 aliphatic heterocycles. The summed E-state index contributed by atoms with van der Waals surface area (Å²) in [6.45, 7) is 0. The zero-order valence-electron chi connectivity index (χ0n) is 8.51. The highest BCUT2D eigenvalue weighted by Crippen LogP contribution is 2.33. The van der Waals surface area contributed by atoms with Gasteiger partial charge in [0.05, 0.1) is 0 Å². The van der Waals surface area contributed by atoms with Crippen LogP contribution in [-0.2, 0) is 6.42 Å². The smallest absolute Gasteiger partial charge is 0.107 e. The lowest BCUT2D eigenvalue weighted by Crippen LogP contribution is -2.12. The van der Waals surface area contributed by atoms with E-state index < -0.39 is 0 Å². The molecule has 0 saturated heterocycles. The Labute approximate surface area is 101 Å². The predicted octanol–water partition coefficient (Wildman–Crippen LogP) is 2.93. The van der Waals surface area contributed by atoms with Crippen molar-refractivity contribution in [3.05, 3.63) is 40.6 Å². The molecule has 3 aromatic heterocycles. The molecule has 16 heavy (non-hydrogen) atoms. The number of hydrogen-bond donors (Lipinski definition) is 2. The van der Waals surface area contributed by atoms with E-state index in [0.29, 0.717) is 0 Å². The van der Waals surface area contributed by atoms with Gasteiger partial charge >= 0.3 is 0 Å². The standard InChI is InChI=1S/C11H11N3S2/c12-7(5-11-13-2-3-14-11)9-6-10-8(16-9)1-4-15-10/h1-4,6-7H,5,12H2,(H,13,14). The first-order chi connectivity index (χ1) is 7.83. The minimum atomic E-state index is 0.0377. The van der Waals surface area contributed by atoms with Gasteiger partial charge in [-0.15, -0.1) is 22.7 Å². The number of nitrogens with one attached hydrogen (secondary N) is 1. The fraction of sp³-hybridized carbons (Fsp3) is 0.182.